The van der Waals surface area contributed by atoms with Gasteiger partial charge < -0.3 is 15.0 Å². The molecule has 2 aliphatic rings. The molecule has 0 saturated heterocycles. The molecule has 2 heterocycles. The third kappa shape index (κ3) is 1.67. The van der Waals surface area contributed by atoms with Crippen molar-refractivity contribution < 1.29 is 4.74 Å². The van der Waals surface area contributed by atoms with E-state index in [9.17, 15) is 0 Å². The monoisotopic (exact) mass is 237 g/mol. The summed E-state index contributed by atoms with van der Waals surface area (Å²) in [5.41, 5.74) is 6.09. The quantitative estimate of drug-likeness (QED) is 0.774. The summed E-state index contributed by atoms with van der Waals surface area (Å²) >= 11 is 0. The summed E-state index contributed by atoms with van der Waals surface area (Å²) in [6, 6.07) is 0. The second-order valence-corrected chi connectivity index (χ2v) is 5.06. The predicted molar refractivity (Wildman–Crippen MR) is 62.2 cm³/mol. The average Bonchev–Trinajstić information content (AvgIpc) is 2.76. The second-order valence-electron chi connectivity index (χ2n) is 5.06. The molecular formula is C11H19N5O. The summed E-state index contributed by atoms with van der Waals surface area (Å²) in [4.78, 5) is 2.45. The van der Waals surface area contributed by atoms with Crippen LogP contribution < -0.4 is 5.73 Å². The molecule has 0 amide bonds. The molecule has 2 N–H and O–H groups in total. The van der Waals surface area contributed by atoms with Crippen molar-refractivity contribution in [2.75, 3.05) is 20.2 Å². The highest BCUT2D eigenvalue weighted by Gasteiger charge is 2.48. The van der Waals surface area contributed by atoms with E-state index in [-0.39, 0.29) is 5.54 Å². The molecule has 1 aliphatic heterocycles. The van der Waals surface area contributed by atoms with Gasteiger partial charge in [0.1, 0.15) is 12.2 Å². The third-order valence-electron chi connectivity index (χ3n) is 4.24. The molecule has 6 nitrogen and oxygen atoms in total. The van der Waals surface area contributed by atoms with Crippen molar-refractivity contribution in [3.63, 3.8) is 0 Å². The van der Waals surface area contributed by atoms with E-state index in [4.69, 9.17) is 10.5 Å². The van der Waals surface area contributed by atoms with Gasteiger partial charge in [-0.1, -0.05) is 0 Å². The van der Waals surface area contributed by atoms with Gasteiger partial charge in [0, 0.05) is 32.3 Å². The van der Waals surface area contributed by atoms with Gasteiger partial charge in [-0.2, -0.15) is 0 Å². The summed E-state index contributed by atoms with van der Waals surface area (Å²) in [6.07, 6.45) is 4.25. The Hall–Kier alpha value is -0.980. The fourth-order valence-corrected chi connectivity index (χ4v) is 2.98. The van der Waals surface area contributed by atoms with Gasteiger partial charge in [-0.05, 0) is 12.8 Å². The number of methoxy groups -OCH3 is 1. The summed E-state index contributed by atoms with van der Waals surface area (Å²) < 4.78 is 7.49. The molecule has 0 spiro atoms. The predicted octanol–water partition coefficient (Wildman–Crippen LogP) is -0.400. The van der Waals surface area contributed by atoms with E-state index in [0.29, 0.717) is 12.6 Å². The van der Waals surface area contributed by atoms with Crippen LogP contribution in [-0.4, -0.2) is 51.5 Å². The van der Waals surface area contributed by atoms with Gasteiger partial charge in [0.2, 0.25) is 0 Å². The lowest BCUT2D eigenvalue weighted by Crippen LogP contribution is -2.64. The maximum atomic E-state index is 5.97. The van der Waals surface area contributed by atoms with Crippen molar-refractivity contribution >= 4 is 0 Å². The van der Waals surface area contributed by atoms with E-state index in [1.807, 2.05) is 0 Å². The lowest BCUT2D eigenvalue weighted by atomic mass is 9.72. The number of hydrogen-bond donors (Lipinski definition) is 1. The molecule has 1 saturated carbocycles. The highest BCUT2D eigenvalue weighted by Crippen LogP contribution is 2.40. The molecule has 3 rings (SSSR count). The van der Waals surface area contributed by atoms with Crippen molar-refractivity contribution in [2.45, 2.75) is 37.6 Å². The first-order valence-corrected chi connectivity index (χ1v) is 6.12. The molecule has 0 unspecified atom stereocenters. The van der Waals surface area contributed by atoms with Crippen LogP contribution in [-0.2, 0) is 17.8 Å². The van der Waals surface area contributed by atoms with E-state index in [1.165, 1.54) is 0 Å². The van der Waals surface area contributed by atoms with Crippen molar-refractivity contribution in [3.8, 4) is 0 Å². The van der Waals surface area contributed by atoms with Crippen molar-refractivity contribution in [2.24, 2.45) is 5.73 Å². The molecule has 1 aliphatic carbocycles. The number of ether oxygens (including phenoxy) is 1. The normalized spacial score (nSPS) is 33.2. The first kappa shape index (κ1) is 11.1. The van der Waals surface area contributed by atoms with E-state index in [2.05, 4.69) is 19.7 Å². The fraction of sp³-hybridized carbons (Fsp3) is 0.818. The molecule has 0 aromatic carbocycles. The van der Waals surface area contributed by atoms with Crippen LogP contribution in [0.2, 0.25) is 0 Å². The van der Waals surface area contributed by atoms with Gasteiger partial charge in [-0.3, -0.25) is 4.90 Å². The van der Waals surface area contributed by atoms with E-state index in [0.717, 1.165) is 38.3 Å². The zero-order valence-corrected chi connectivity index (χ0v) is 10.2. The van der Waals surface area contributed by atoms with Crippen LogP contribution in [0.5, 0.6) is 0 Å². The molecular weight excluding hydrogens is 218 g/mol. The van der Waals surface area contributed by atoms with Crippen molar-refractivity contribution in [3.05, 3.63) is 12.2 Å². The van der Waals surface area contributed by atoms with Crippen LogP contribution in [0, 0.1) is 0 Å². The maximum Gasteiger partial charge on any atom is 0.147 e. The summed E-state index contributed by atoms with van der Waals surface area (Å²) in [5.74, 6) is 1.05. The SMILES string of the molecule is COC1CC(CN)(N2CCn3cnnc3C2)C1. The number of hydrogen-bond acceptors (Lipinski definition) is 5. The Kier molecular flexibility index (Phi) is 2.65. The van der Waals surface area contributed by atoms with Crippen LogP contribution in [0.4, 0.5) is 0 Å². The summed E-state index contributed by atoms with van der Waals surface area (Å²) in [7, 11) is 1.78. The van der Waals surface area contributed by atoms with Gasteiger partial charge in [0.15, 0.2) is 0 Å². The maximum absolute atomic E-state index is 5.97. The van der Waals surface area contributed by atoms with Gasteiger partial charge >= 0.3 is 0 Å². The van der Waals surface area contributed by atoms with Crippen LogP contribution in [0.25, 0.3) is 0 Å². The highest BCUT2D eigenvalue weighted by molar-refractivity contribution is 5.07. The number of nitrogens with zero attached hydrogens (tertiary/aromatic N) is 4. The zero-order chi connectivity index (χ0) is 11.9. The third-order valence-corrected chi connectivity index (χ3v) is 4.24. The van der Waals surface area contributed by atoms with Gasteiger partial charge in [0.05, 0.1) is 12.6 Å². The number of aromatic nitrogens is 3. The first-order valence-electron chi connectivity index (χ1n) is 6.12. The minimum Gasteiger partial charge on any atom is -0.381 e. The van der Waals surface area contributed by atoms with E-state index >= 15 is 0 Å². The second kappa shape index (κ2) is 4.04. The lowest BCUT2D eigenvalue weighted by molar-refractivity contribution is -0.0963. The van der Waals surface area contributed by atoms with Crippen LogP contribution in [0.3, 0.4) is 0 Å². The number of nitrogens with two attached hydrogens (primary N) is 1. The Morgan fingerprint density at radius 2 is 2.35 bits per heavy atom. The van der Waals surface area contributed by atoms with E-state index < -0.39 is 0 Å². The Morgan fingerprint density at radius 3 is 3.06 bits per heavy atom. The van der Waals surface area contributed by atoms with Crippen LogP contribution in [0.1, 0.15) is 18.7 Å². The Morgan fingerprint density at radius 1 is 1.53 bits per heavy atom. The minimum absolute atomic E-state index is 0.123. The molecule has 1 aromatic heterocycles. The molecule has 0 radical (unpaired) electrons. The zero-order valence-electron chi connectivity index (χ0n) is 10.2. The van der Waals surface area contributed by atoms with Crippen molar-refractivity contribution in [1.82, 2.24) is 19.7 Å². The van der Waals surface area contributed by atoms with Gasteiger partial charge in [-0.15, -0.1) is 10.2 Å². The van der Waals surface area contributed by atoms with Crippen LogP contribution in [0.15, 0.2) is 6.33 Å². The number of fused-ring (bicyclic) bond motifs is 1. The molecule has 1 aromatic rings. The van der Waals surface area contributed by atoms with E-state index in [1.54, 1.807) is 13.4 Å². The summed E-state index contributed by atoms with van der Waals surface area (Å²) in [5, 5.41) is 8.10. The van der Waals surface area contributed by atoms with Gasteiger partial charge in [-0.25, -0.2) is 0 Å². The van der Waals surface area contributed by atoms with Gasteiger partial charge in [0.25, 0.3) is 0 Å². The minimum atomic E-state index is 0.123. The molecule has 0 bridgehead atoms. The number of rotatable bonds is 3. The smallest absolute Gasteiger partial charge is 0.147 e. The fourth-order valence-electron chi connectivity index (χ4n) is 2.98. The molecule has 94 valence electrons. The average molecular weight is 237 g/mol. The summed E-state index contributed by atoms with van der Waals surface area (Å²) in [6.45, 7) is 3.54. The topological polar surface area (TPSA) is 69.2 Å². The molecule has 6 heteroatoms. The Balaban J connectivity index is 1.73. The Bertz CT molecular complexity index is 398. The lowest BCUT2D eigenvalue weighted by Gasteiger charge is -2.54. The molecule has 17 heavy (non-hydrogen) atoms. The highest BCUT2D eigenvalue weighted by atomic mass is 16.5. The first-order chi connectivity index (χ1) is 8.27. The molecule has 0 atom stereocenters. The Labute approximate surface area is 101 Å². The largest absolute Gasteiger partial charge is 0.381 e. The standard InChI is InChI=1S/C11H19N5O/c1-17-9-4-11(5-9,7-12)16-3-2-15-8-13-14-10(15)6-16/h8-9H,2-7,12H2,1H3. The van der Waals surface area contributed by atoms with Crippen molar-refractivity contribution in [1.29, 1.82) is 0 Å². The van der Waals surface area contributed by atoms with Crippen LogP contribution >= 0.6 is 0 Å². The molecule has 1 fully saturated rings.